The SMILES string of the molecule is CN(C)Cc1ccc(CNC(=O)N[C@@H]2c3ccccc3C[C@@H]2O)cc1. The number of aliphatic hydroxyl groups is 1. The van der Waals surface area contributed by atoms with Crippen molar-refractivity contribution in [3.63, 3.8) is 0 Å². The average Bonchev–Trinajstić information content (AvgIpc) is 2.89. The van der Waals surface area contributed by atoms with Crippen molar-refractivity contribution < 1.29 is 9.90 Å². The smallest absolute Gasteiger partial charge is 0.315 e. The predicted octanol–water partition coefficient (Wildman–Crippen LogP) is 2.21. The lowest BCUT2D eigenvalue weighted by Gasteiger charge is -2.18. The lowest BCUT2D eigenvalue weighted by molar-refractivity contribution is 0.142. The molecule has 0 aliphatic heterocycles. The summed E-state index contributed by atoms with van der Waals surface area (Å²) < 4.78 is 0. The molecule has 2 atom stereocenters. The van der Waals surface area contributed by atoms with Gasteiger partial charge in [0.1, 0.15) is 0 Å². The molecule has 25 heavy (non-hydrogen) atoms. The summed E-state index contributed by atoms with van der Waals surface area (Å²) in [6, 6.07) is 15.4. The summed E-state index contributed by atoms with van der Waals surface area (Å²) in [6.45, 7) is 1.35. The highest BCUT2D eigenvalue weighted by molar-refractivity contribution is 5.74. The van der Waals surface area contributed by atoms with E-state index < -0.39 is 6.10 Å². The first-order valence-corrected chi connectivity index (χ1v) is 8.55. The van der Waals surface area contributed by atoms with Crippen LogP contribution >= 0.6 is 0 Å². The Bertz CT molecular complexity index is 728. The number of nitrogens with one attached hydrogen (secondary N) is 2. The number of aliphatic hydroxyl groups excluding tert-OH is 1. The maximum atomic E-state index is 12.2. The lowest BCUT2D eigenvalue weighted by Crippen LogP contribution is -2.40. The van der Waals surface area contributed by atoms with Gasteiger partial charge in [0.05, 0.1) is 12.1 Å². The molecule has 0 fully saturated rings. The van der Waals surface area contributed by atoms with Gasteiger partial charge in [0, 0.05) is 19.5 Å². The highest BCUT2D eigenvalue weighted by Gasteiger charge is 2.31. The van der Waals surface area contributed by atoms with Crippen molar-refractivity contribution in [3.05, 3.63) is 70.8 Å². The molecule has 0 aromatic heterocycles. The van der Waals surface area contributed by atoms with Crippen molar-refractivity contribution in [2.45, 2.75) is 31.7 Å². The van der Waals surface area contributed by atoms with E-state index >= 15 is 0 Å². The highest BCUT2D eigenvalue weighted by Crippen LogP contribution is 2.31. The molecule has 5 nitrogen and oxygen atoms in total. The van der Waals surface area contributed by atoms with Crippen LogP contribution in [0.15, 0.2) is 48.5 Å². The molecule has 5 heteroatoms. The van der Waals surface area contributed by atoms with Gasteiger partial charge in [-0.15, -0.1) is 0 Å². The van der Waals surface area contributed by atoms with Gasteiger partial charge in [-0.2, -0.15) is 0 Å². The Morgan fingerprint density at radius 1 is 1.12 bits per heavy atom. The van der Waals surface area contributed by atoms with Gasteiger partial charge in [0.25, 0.3) is 0 Å². The van der Waals surface area contributed by atoms with Crippen LogP contribution in [0.1, 0.15) is 28.3 Å². The Morgan fingerprint density at radius 2 is 1.80 bits per heavy atom. The first-order chi connectivity index (χ1) is 12.0. The topological polar surface area (TPSA) is 64.6 Å². The van der Waals surface area contributed by atoms with Crippen LogP contribution in [0, 0.1) is 0 Å². The lowest BCUT2D eigenvalue weighted by atomic mass is 10.1. The molecule has 0 radical (unpaired) electrons. The molecule has 1 aliphatic carbocycles. The number of hydrogen-bond donors (Lipinski definition) is 3. The summed E-state index contributed by atoms with van der Waals surface area (Å²) in [7, 11) is 4.07. The van der Waals surface area contributed by atoms with Crippen LogP contribution in [-0.4, -0.2) is 36.2 Å². The van der Waals surface area contributed by atoms with Crippen LogP contribution in [0.5, 0.6) is 0 Å². The number of carbonyl (C=O) groups excluding carboxylic acids is 1. The van der Waals surface area contributed by atoms with E-state index in [1.807, 2.05) is 50.5 Å². The molecule has 0 unspecified atom stereocenters. The minimum atomic E-state index is -0.575. The van der Waals surface area contributed by atoms with E-state index in [4.69, 9.17) is 0 Å². The fourth-order valence-corrected chi connectivity index (χ4v) is 3.25. The molecule has 2 aromatic rings. The summed E-state index contributed by atoms with van der Waals surface area (Å²) in [4.78, 5) is 14.3. The average molecular weight is 339 g/mol. The second kappa shape index (κ2) is 7.68. The van der Waals surface area contributed by atoms with E-state index in [1.165, 1.54) is 5.56 Å². The van der Waals surface area contributed by atoms with Crippen molar-refractivity contribution in [1.82, 2.24) is 15.5 Å². The first-order valence-electron chi connectivity index (χ1n) is 8.55. The van der Waals surface area contributed by atoms with E-state index in [-0.39, 0.29) is 12.1 Å². The van der Waals surface area contributed by atoms with E-state index in [0.717, 1.165) is 23.2 Å². The van der Waals surface area contributed by atoms with Gasteiger partial charge in [-0.1, -0.05) is 48.5 Å². The molecule has 3 N–H and O–H groups in total. The maximum Gasteiger partial charge on any atom is 0.315 e. The van der Waals surface area contributed by atoms with Crippen LogP contribution in [0.3, 0.4) is 0 Å². The van der Waals surface area contributed by atoms with Gasteiger partial charge in [0.15, 0.2) is 0 Å². The number of amides is 2. The molecule has 0 saturated heterocycles. The number of rotatable bonds is 5. The number of carbonyl (C=O) groups is 1. The molecule has 0 bridgehead atoms. The molecule has 0 heterocycles. The van der Waals surface area contributed by atoms with Gasteiger partial charge >= 0.3 is 6.03 Å². The minimum Gasteiger partial charge on any atom is -0.390 e. The third kappa shape index (κ3) is 4.38. The zero-order valence-corrected chi connectivity index (χ0v) is 14.7. The molecule has 132 valence electrons. The predicted molar refractivity (Wildman–Crippen MR) is 98.1 cm³/mol. The van der Waals surface area contributed by atoms with E-state index in [9.17, 15) is 9.90 Å². The normalized spacial score (nSPS) is 18.9. The Kier molecular flexibility index (Phi) is 5.36. The number of hydrogen-bond acceptors (Lipinski definition) is 3. The van der Waals surface area contributed by atoms with Crippen LogP contribution in [0.4, 0.5) is 4.79 Å². The van der Waals surface area contributed by atoms with Gasteiger partial charge in [-0.05, 0) is 36.3 Å². The van der Waals surface area contributed by atoms with Crippen molar-refractivity contribution in [3.8, 4) is 0 Å². The third-order valence-electron chi connectivity index (χ3n) is 4.47. The van der Waals surface area contributed by atoms with Crippen molar-refractivity contribution in [1.29, 1.82) is 0 Å². The zero-order chi connectivity index (χ0) is 17.8. The second-order valence-corrected chi connectivity index (χ2v) is 6.83. The Morgan fingerprint density at radius 3 is 2.52 bits per heavy atom. The molecule has 1 aliphatic rings. The van der Waals surface area contributed by atoms with Crippen LogP contribution in [-0.2, 0) is 19.5 Å². The first kappa shape index (κ1) is 17.5. The van der Waals surface area contributed by atoms with Crippen LogP contribution in [0.25, 0.3) is 0 Å². The standard InChI is InChI=1S/C20H25N3O2/c1-23(2)13-15-9-7-14(8-10-15)12-21-20(25)22-19-17-6-4-3-5-16(17)11-18(19)24/h3-10,18-19,24H,11-13H2,1-2H3,(H2,21,22,25)/t18-,19+/m0/s1. The molecule has 0 spiro atoms. The van der Waals surface area contributed by atoms with Crippen LogP contribution in [0.2, 0.25) is 0 Å². The summed E-state index contributed by atoms with van der Waals surface area (Å²) in [5, 5.41) is 16.0. The van der Waals surface area contributed by atoms with Gasteiger partial charge in [-0.25, -0.2) is 4.79 Å². The summed E-state index contributed by atoms with van der Waals surface area (Å²) >= 11 is 0. The fraction of sp³-hybridized carbons (Fsp3) is 0.350. The zero-order valence-electron chi connectivity index (χ0n) is 14.7. The Balaban J connectivity index is 1.53. The van der Waals surface area contributed by atoms with Gasteiger partial charge in [0.2, 0.25) is 0 Å². The number of benzene rings is 2. The van der Waals surface area contributed by atoms with Crippen molar-refractivity contribution in [2.24, 2.45) is 0 Å². The minimum absolute atomic E-state index is 0.266. The molecular weight excluding hydrogens is 314 g/mol. The molecule has 2 amide bonds. The second-order valence-electron chi connectivity index (χ2n) is 6.83. The molecular formula is C20H25N3O2. The summed E-state index contributed by atoms with van der Waals surface area (Å²) in [5.74, 6) is 0. The maximum absolute atomic E-state index is 12.2. The van der Waals surface area contributed by atoms with Gasteiger partial charge < -0.3 is 20.6 Å². The summed E-state index contributed by atoms with van der Waals surface area (Å²) in [5.41, 5.74) is 4.38. The number of nitrogens with zero attached hydrogens (tertiary/aromatic N) is 1. The van der Waals surface area contributed by atoms with Crippen molar-refractivity contribution >= 4 is 6.03 Å². The fourth-order valence-electron chi connectivity index (χ4n) is 3.25. The van der Waals surface area contributed by atoms with Gasteiger partial charge in [-0.3, -0.25) is 0 Å². The van der Waals surface area contributed by atoms with Crippen molar-refractivity contribution in [2.75, 3.05) is 14.1 Å². The quantitative estimate of drug-likeness (QED) is 0.782. The molecule has 0 saturated carbocycles. The Hall–Kier alpha value is -2.37. The number of fused-ring (bicyclic) bond motifs is 1. The van der Waals surface area contributed by atoms with E-state index in [1.54, 1.807) is 0 Å². The summed E-state index contributed by atoms with van der Waals surface area (Å²) in [6.07, 6.45) is 0.00234. The van der Waals surface area contributed by atoms with E-state index in [2.05, 4.69) is 27.7 Å². The third-order valence-corrected chi connectivity index (χ3v) is 4.47. The monoisotopic (exact) mass is 339 g/mol. The van der Waals surface area contributed by atoms with E-state index in [0.29, 0.717) is 13.0 Å². The largest absolute Gasteiger partial charge is 0.390 e. The Labute approximate surface area is 148 Å². The molecule has 2 aromatic carbocycles. The molecule has 3 rings (SSSR count). The van der Waals surface area contributed by atoms with Crippen LogP contribution < -0.4 is 10.6 Å². The number of urea groups is 1. The highest BCUT2D eigenvalue weighted by atomic mass is 16.3.